The molecule has 2 atom stereocenters. The van der Waals surface area contributed by atoms with E-state index < -0.39 is 77.8 Å². The molecule has 0 aliphatic rings. The summed E-state index contributed by atoms with van der Waals surface area (Å²) < 4.78 is 20.0. The fourth-order valence-electron chi connectivity index (χ4n) is 3.04. The molecule has 0 saturated carbocycles. The van der Waals surface area contributed by atoms with Gasteiger partial charge in [0.25, 0.3) is 0 Å². The Morgan fingerprint density at radius 1 is 0.775 bits per heavy atom. The summed E-state index contributed by atoms with van der Waals surface area (Å²) in [5, 5.41) is 37.0. The van der Waals surface area contributed by atoms with Crippen LogP contribution in [0.3, 0.4) is 0 Å². The van der Waals surface area contributed by atoms with Crippen molar-refractivity contribution >= 4 is 35.8 Å². The number of ether oxygens (including phenoxy) is 4. The lowest BCUT2D eigenvalue weighted by atomic mass is 9.88. The van der Waals surface area contributed by atoms with Gasteiger partial charge in [-0.1, -0.05) is 6.92 Å². The highest BCUT2D eigenvalue weighted by Crippen LogP contribution is 2.21. The number of unbranched alkanes of at least 4 members (excludes halogenated alkanes) is 1. The third-order valence-corrected chi connectivity index (χ3v) is 5.88. The predicted octanol–water partition coefficient (Wildman–Crippen LogP) is 1.20. The van der Waals surface area contributed by atoms with Gasteiger partial charge in [-0.3, -0.25) is 4.79 Å². The van der Waals surface area contributed by atoms with Crippen molar-refractivity contribution in [1.29, 1.82) is 0 Å². The number of rotatable bonds is 17. The van der Waals surface area contributed by atoms with Gasteiger partial charge in [-0.05, 0) is 51.3 Å². The van der Waals surface area contributed by atoms with Crippen LogP contribution >= 0.6 is 0 Å². The van der Waals surface area contributed by atoms with Crippen molar-refractivity contribution in [3.05, 3.63) is 34.9 Å². The maximum atomic E-state index is 12.2. The van der Waals surface area contributed by atoms with Gasteiger partial charge in [-0.25, -0.2) is 24.0 Å². The molecule has 14 heteroatoms. The van der Waals surface area contributed by atoms with Crippen molar-refractivity contribution in [2.75, 3.05) is 26.4 Å². The number of aliphatic hydroxyl groups excluding tert-OH is 2. The van der Waals surface area contributed by atoms with Crippen LogP contribution in [-0.2, 0) is 33.3 Å². The lowest BCUT2D eigenvalue weighted by molar-refractivity contribution is -0.178. The van der Waals surface area contributed by atoms with Crippen LogP contribution in [0.25, 0.3) is 0 Å². The Hall–Kier alpha value is -4.04. The monoisotopic (exact) mass is 570 g/mol. The molecule has 0 radical (unpaired) electrons. The van der Waals surface area contributed by atoms with Crippen molar-refractivity contribution in [2.45, 2.75) is 58.7 Å². The Kier molecular flexibility index (Phi) is 13.7. The third kappa shape index (κ3) is 10.6. The highest BCUT2D eigenvalue weighted by atomic mass is 16.6. The molecule has 0 aromatic heterocycles. The molecule has 0 bridgehead atoms. The van der Waals surface area contributed by atoms with Gasteiger partial charge >= 0.3 is 35.8 Å². The summed E-state index contributed by atoms with van der Waals surface area (Å²) in [6, 6.07) is 2.88. The number of aliphatic hydroxyl groups is 2. The van der Waals surface area contributed by atoms with E-state index in [1.165, 1.54) is 13.8 Å². The van der Waals surface area contributed by atoms with Crippen molar-refractivity contribution in [3.63, 3.8) is 0 Å². The standard InChI is InChI=1S/C26H34O14/c1-4-26(12-27,13-28)14-38-23(34)15(2)40-24(35)16(3)39-20(29)7-5-6-8-37-25(36)19-10-17(21(30)31)9-18(11-19)22(32)33/h9-11,15-16,27-28H,4-8,12-14H2,1-3H3,(H,30,31)(H,32,33). The number of aromatic carboxylic acids is 2. The van der Waals surface area contributed by atoms with Crippen molar-refractivity contribution in [1.82, 2.24) is 0 Å². The van der Waals surface area contributed by atoms with Gasteiger partial charge in [0.2, 0.25) is 0 Å². The van der Waals surface area contributed by atoms with Gasteiger partial charge in [-0.15, -0.1) is 0 Å². The normalized spacial score (nSPS) is 12.5. The van der Waals surface area contributed by atoms with E-state index in [2.05, 4.69) is 0 Å². The summed E-state index contributed by atoms with van der Waals surface area (Å²) in [6.07, 6.45) is -2.08. The summed E-state index contributed by atoms with van der Waals surface area (Å²) in [6.45, 7) is 2.94. The second-order valence-corrected chi connectivity index (χ2v) is 8.99. The van der Waals surface area contributed by atoms with E-state index in [1.807, 2.05) is 0 Å². The summed E-state index contributed by atoms with van der Waals surface area (Å²) in [7, 11) is 0. The molecule has 0 fully saturated rings. The zero-order valence-electron chi connectivity index (χ0n) is 22.4. The molecule has 222 valence electrons. The quantitative estimate of drug-likeness (QED) is 0.117. The van der Waals surface area contributed by atoms with E-state index in [9.17, 15) is 39.0 Å². The molecule has 0 heterocycles. The van der Waals surface area contributed by atoms with Crippen LogP contribution in [0.5, 0.6) is 0 Å². The number of benzene rings is 1. The molecule has 0 spiro atoms. The molecule has 4 N–H and O–H groups in total. The van der Waals surface area contributed by atoms with Crippen molar-refractivity contribution in [3.8, 4) is 0 Å². The average Bonchev–Trinajstić information content (AvgIpc) is 2.93. The Labute approximate surface area is 229 Å². The molecular weight excluding hydrogens is 536 g/mol. The van der Waals surface area contributed by atoms with Crippen LogP contribution < -0.4 is 0 Å². The van der Waals surface area contributed by atoms with Gasteiger partial charge in [0.05, 0.1) is 41.9 Å². The average molecular weight is 571 g/mol. The van der Waals surface area contributed by atoms with E-state index in [-0.39, 0.29) is 38.0 Å². The molecule has 40 heavy (non-hydrogen) atoms. The van der Waals surface area contributed by atoms with Crippen LogP contribution in [0.15, 0.2) is 18.2 Å². The number of carboxylic acid groups (broad SMARTS) is 2. The molecule has 1 aromatic carbocycles. The van der Waals surface area contributed by atoms with Gasteiger partial charge in [0.15, 0.2) is 12.2 Å². The van der Waals surface area contributed by atoms with E-state index >= 15 is 0 Å². The lowest BCUT2D eigenvalue weighted by Crippen LogP contribution is -2.38. The van der Waals surface area contributed by atoms with Crippen LogP contribution in [0.2, 0.25) is 0 Å². The smallest absolute Gasteiger partial charge is 0.347 e. The Bertz CT molecular complexity index is 1030. The molecule has 2 unspecified atom stereocenters. The molecule has 0 amide bonds. The SMILES string of the molecule is CCC(CO)(CO)COC(=O)C(C)OC(=O)C(C)OC(=O)CCCCOC(=O)c1cc(C(=O)O)cc(C(=O)O)c1. The van der Waals surface area contributed by atoms with Crippen molar-refractivity contribution in [2.24, 2.45) is 5.41 Å². The summed E-state index contributed by atoms with van der Waals surface area (Å²) >= 11 is 0. The maximum absolute atomic E-state index is 12.2. The lowest BCUT2D eigenvalue weighted by Gasteiger charge is -2.28. The first-order chi connectivity index (χ1) is 18.8. The minimum atomic E-state index is -1.41. The number of carbonyl (C=O) groups is 6. The number of esters is 4. The van der Waals surface area contributed by atoms with Gasteiger partial charge < -0.3 is 39.4 Å². The highest BCUT2D eigenvalue weighted by Gasteiger charge is 2.31. The highest BCUT2D eigenvalue weighted by molar-refractivity contribution is 5.99. The minimum absolute atomic E-state index is 0.147. The van der Waals surface area contributed by atoms with Crippen LogP contribution in [0.1, 0.15) is 77.5 Å². The number of carbonyl (C=O) groups excluding carboxylic acids is 4. The van der Waals surface area contributed by atoms with E-state index in [0.717, 1.165) is 18.2 Å². The van der Waals surface area contributed by atoms with Crippen LogP contribution in [-0.4, -0.2) is 94.9 Å². The van der Waals surface area contributed by atoms with Crippen molar-refractivity contribution < 1.29 is 68.1 Å². The molecule has 14 nitrogen and oxygen atoms in total. The first kappa shape index (κ1) is 34.0. The first-order valence-corrected chi connectivity index (χ1v) is 12.4. The van der Waals surface area contributed by atoms with Gasteiger partial charge in [0, 0.05) is 6.42 Å². The topological polar surface area (TPSA) is 220 Å². The maximum Gasteiger partial charge on any atom is 0.347 e. The van der Waals surface area contributed by atoms with Crippen LogP contribution in [0, 0.1) is 5.41 Å². The third-order valence-electron chi connectivity index (χ3n) is 5.88. The second kappa shape index (κ2) is 16.2. The van der Waals surface area contributed by atoms with E-state index in [1.54, 1.807) is 6.92 Å². The Morgan fingerprint density at radius 3 is 1.80 bits per heavy atom. The summed E-state index contributed by atoms with van der Waals surface area (Å²) in [5.41, 5.74) is -2.06. The molecular formula is C26H34O14. The molecule has 0 aliphatic heterocycles. The van der Waals surface area contributed by atoms with Crippen LogP contribution in [0.4, 0.5) is 0 Å². The van der Waals surface area contributed by atoms with Gasteiger partial charge in [-0.2, -0.15) is 0 Å². The largest absolute Gasteiger partial charge is 0.478 e. The summed E-state index contributed by atoms with van der Waals surface area (Å²) in [4.78, 5) is 70.8. The number of hydrogen-bond donors (Lipinski definition) is 4. The summed E-state index contributed by atoms with van der Waals surface area (Å²) in [5.74, 6) is -6.43. The molecule has 1 aromatic rings. The zero-order chi connectivity index (χ0) is 30.5. The second-order valence-electron chi connectivity index (χ2n) is 8.99. The number of hydrogen-bond acceptors (Lipinski definition) is 12. The Balaban J connectivity index is 2.43. The minimum Gasteiger partial charge on any atom is -0.478 e. The molecule has 1 rings (SSSR count). The van der Waals surface area contributed by atoms with E-state index in [0.29, 0.717) is 6.42 Å². The number of carboxylic acids is 2. The molecule has 0 saturated heterocycles. The predicted molar refractivity (Wildman–Crippen MR) is 133 cm³/mol. The van der Waals surface area contributed by atoms with E-state index in [4.69, 9.17) is 29.2 Å². The Morgan fingerprint density at radius 2 is 1.30 bits per heavy atom. The fraction of sp³-hybridized carbons (Fsp3) is 0.538. The fourth-order valence-corrected chi connectivity index (χ4v) is 3.04. The molecule has 0 aliphatic carbocycles. The van der Waals surface area contributed by atoms with Gasteiger partial charge in [0.1, 0.15) is 6.61 Å². The zero-order valence-corrected chi connectivity index (χ0v) is 22.4. The first-order valence-electron chi connectivity index (χ1n) is 12.4.